The molecule has 0 atom stereocenters. The van der Waals surface area contributed by atoms with Crippen LogP contribution < -0.4 is 18.9 Å². The molecule has 0 fully saturated rings. The van der Waals surface area contributed by atoms with E-state index in [1.807, 2.05) is 23.5 Å². The summed E-state index contributed by atoms with van der Waals surface area (Å²) in [6, 6.07) is 39.8. The van der Waals surface area contributed by atoms with E-state index in [-0.39, 0.29) is 0 Å². The summed E-state index contributed by atoms with van der Waals surface area (Å²) in [6.07, 6.45) is 19.5. The number of aryl methyl sites for hydroxylation is 2. The Morgan fingerprint density at radius 3 is 1.24 bits per heavy atom. The molecule has 2 aliphatic rings. The topological polar surface area (TPSA) is 14.2 Å². The van der Waals surface area contributed by atoms with Crippen molar-refractivity contribution in [3.05, 3.63) is 143 Å². The third-order valence-corrected chi connectivity index (χ3v) is 15.5. The number of aromatic nitrogens is 2. The van der Waals surface area contributed by atoms with E-state index in [1.165, 1.54) is 142 Å². The Balaban J connectivity index is 0.725. The molecule has 0 aliphatic carbocycles. The summed E-state index contributed by atoms with van der Waals surface area (Å²) in [4.78, 5) is 7.28. The van der Waals surface area contributed by atoms with Gasteiger partial charge in [-0.1, -0.05) is 72.1 Å². The van der Waals surface area contributed by atoms with Crippen LogP contribution in [0.15, 0.2) is 141 Å². The first-order chi connectivity index (χ1) is 30.1. The van der Waals surface area contributed by atoms with Crippen molar-refractivity contribution in [3.8, 4) is 0 Å². The largest absolute Gasteiger partial charge is 0.338 e. The van der Waals surface area contributed by atoms with E-state index >= 15 is 0 Å². The summed E-state index contributed by atoms with van der Waals surface area (Å²) < 4.78 is 7.16. The first-order valence-electron chi connectivity index (χ1n) is 23.0. The molecule has 62 heavy (non-hydrogen) atoms. The fourth-order valence-electron chi connectivity index (χ4n) is 9.32. The summed E-state index contributed by atoms with van der Waals surface area (Å²) in [5, 5.41) is 5.20. The van der Waals surface area contributed by atoms with Gasteiger partial charge in [-0.05, 0) is 85.4 Å². The molecule has 2 aliphatic heterocycles. The van der Waals surface area contributed by atoms with Gasteiger partial charge in [-0.15, -0.1) is 0 Å². The zero-order valence-electron chi connectivity index (χ0n) is 38.1. The highest BCUT2D eigenvalue weighted by Gasteiger charge is 2.24. The molecule has 0 saturated heterocycles. The number of rotatable bonds is 19. The number of nitrogens with zero attached hydrogens (tertiary/aromatic N) is 6. The van der Waals surface area contributed by atoms with Gasteiger partial charge in [0.15, 0.2) is 12.4 Å². The molecular weight excluding hydrogens is 797 g/mol. The van der Waals surface area contributed by atoms with Gasteiger partial charge in [0, 0.05) is 73.8 Å². The predicted molar refractivity (Wildman–Crippen MR) is 266 cm³/mol. The normalized spacial score (nSPS) is 15.4. The maximum absolute atomic E-state index is 2.46. The van der Waals surface area contributed by atoms with Crippen molar-refractivity contribution in [2.24, 2.45) is 0 Å². The molecule has 8 heteroatoms. The van der Waals surface area contributed by atoms with Gasteiger partial charge in [0.2, 0.25) is 11.0 Å². The second-order valence-electron chi connectivity index (χ2n) is 18.8. The molecule has 0 bridgehead atoms. The Labute approximate surface area is 380 Å². The van der Waals surface area contributed by atoms with Gasteiger partial charge < -0.3 is 18.8 Å². The minimum absolute atomic E-state index is 1.06. The zero-order chi connectivity index (χ0) is 43.1. The second-order valence-corrected chi connectivity index (χ2v) is 20.9. The van der Waals surface area contributed by atoms with Gasteiger partial charge in [-0.2, -0.15) is 9.13 Å². The quantitative estimate of drug-likeness (QED) is 0.0457. The van der Waals surface area contributed by atoms with E-state index in [4.69, 9.17) is 0 Å². The van der Waals surface area contributed by atoms with Crippen molar-refractivity contribution in [1.82, 2.24) is 0 Å². The van der Waals surface area contributed by atoms with Crippen molar-refractivity contribution in [3.63, 3.8) is 0 Å². The van der Waals surface area contributed by atoms with Gasteiger partial charge in [0.05, 0.1) is 86.6 Å². The molecule has 0 spiro atoms. The van der Waals surface area contributed by atoms with Crippen molar-refractivity contribution >= 4 is 68.9 Å². The Hall–Kier alpha value is -4.60. The van der Waals surface area contributed by atoms with Crippen molar-refractivity contribution in [2.75, 3.05) is 78.3 Å². The number of anilines is 2. The predicted octanol–water partition coefficient (Wildman–Crippen LogP) is 11.6. The fourth-order valence-corrected chi connectivity index (χ4v) is 11.5. The molecule has 0 radical (unpaired) electrons. The number of thioether (sulfide) groups is 2. The number of hydrogen-bond acceptors (Lipinski definition) is 4. The van der Waals surface area contributed by atoms with Crippen LogP contribution in [0.5, 0.6) is 0 Å². The molecule has 0 amide bonds. The first kappa shape index (κ1) is 44.0. The monoisotopic (exact) mass is 864 g/mol. The molecule has 2 aromatic heterocycles. The summed E-state index contributed by atoms with van der Waals surface area (Å²) in [7, 11) is 14.1. The second kappa shape index (κ2) is 19.8. The fraction of sp³-hybridized carbons (Fsp3) is 0.370. The number of fused-ring (bicyclic) bond motifs is 4. The maximum atomic E-state index is 2.46. The minimum Gasteiger partial charge on any atom is -0.338 e. The van der Waals surface area contributed by atoms with E-state index < -0.39 is 0 Å². The first-order valence-corrected chi connectivity index (χ1v) is 24.6. The highest BCUT2D eigenvalue weighted by atomic mass is 32.2. The van der Waals surface area contributed by atoms with Crippen LogP contribution in [0, 0.1) is 0 Å². The lowest BCUT2D eigenvalue weighted by atomic mass is 10.1. The summed E-state index contributed by atoms with van der Waals surface area (Å²) in [5.41, 5.74) is 7.79. The lowest BCUT2D eigenvalue weighted by Crippen LogP contribution is -2.42. The maximum Gasteiger partial charge on any atom is 0.213 e. The van der Waals surface area contributed by atoms with Crippen LogP contribution in [-0.4, -0.2) is 77.4 Å². The Morgan fingerprint density at radius 2 is 0.823 bits per heavy atom. The van der Waals surface area contributed by atoms with Crippen LogP contribution in [0.1, 0.15) is 62.5 Å². The minimum atomic E-state index is 1.06. The van der Waals surface area contributed by atoms with E-state index in [0.29, 0.717) is 0 Å². The van der Waals surface area contributed by atoms with Crippen molar-refractivity contribution in [1.29, 1.82) is 0 Å². The smallest absolute Gasteiger partial charge is 0.213 e. The number of quaternary nitrogens is 2. The number of para-hydroxylation sites is 4. The molecule has 6 aromatic rings. The molecule has 0 unspecified atom stereocenters. The van der Waals surface area contributed by atoms with Crippen LogP contribution in [0.4, 0.5) is 11.4 Å². The molecule has 8 rings (SSSR count). The van der Waals surface area contributed by atoms with E-state index in [2.05, 4.69) is 195 Å². The van der Waals surface area contributed by atoms with Crippen LogP contribution in [0.25, 0.3) is 34.0 Å². The molecule has 4 aromatic carbocycles. The third kappa shape index (κ3) is 10.6. The van der Waals surface area contributed by atoms with Gasteiger partial charge in [0.1, 0.15) is 13.1 Å². The Morgan fingerprint density at radius 1 is 0.452 bits per heavy atom. The highest BCUT2D eigenvalue weighted by molar-refractivity contribution is 8.04. The van der Waals surface area contributed by atoms with Crippen LogP contribution in [0.3, 0.4) is 0 Å². The summed E-state index contributed by atoms with van der Waals surface area (Å²) >= 11 is 3.72. The zero-order valence-corrected chi connectivity index (χ0v) is 39.7. The number of benzene rings is 4. The Bertz CT molecular complexity index is 2380. The molecule has 0 N–H and O–H groups in total. The molecule has 0 saturated carbocycles. The van der Waals surface area contributed by atoms with Crippen LogP contribution in [-0.2, 0) is 13.1 Å². The molecule has 4 heterocycles. The average Bonchev–Trinajstić information content (AvgIpc) is 3.77. The third-order valence-electron chi connectivity index (χ3n) is 13.1. The lowest BCUT2D eigenvalue weighted by Gasteiger charge is -2.30. The standard InChI is InChI=1S/C54H68N6S2/c1-55-49-27-13-15-29-51(49)61-53(55)41-43-31-35-57(47-25-11-9-23-45(43)47)33-17-21-39-59(3,4)37-19-7-8-20-38-60(5,6)40-22-18-34-58-36-32-44(46-24-10-12-26-48(46)58)42-54-56(2)50-28-14-16-30-52(50)62-54/h9-16,23-32,35-36,41-42H,7-8,17-22,33-34,37-40H2,1-6H3/q+4. The molecule has 6 nitrogen and oxygen atoms in total. The van der Waals surface area contributed by atoms with E-state index in [0.717, 1.165) is 22.1 Å². The lowest BCUT2D eigenvalue weighted by molar-refractivity contribution is -0.891. The Kier molecular flexibility index (Phi) is 14.1. The average molecular weight is 865 g/mol. The number of hydrogen-bond donors (Lipinski definition) is 0. The van der Waals surface area contributed by atoms with Crippen LogP contribution >= 0.6 is 23.5 Å². The number of unbranched alkanes of at least 4 members (excludes halogenated alkanes) is 5. The summed E-state index contributed by atoms with van der Waals surface area (Å²) in [6.45, 7) is 7.12. The SMILES string of the molecule is CN1/C(=C/c2cc[n+](CCCC[N+](C)(C)CCCCCC[N+](C)(C)CCCC[n+]3ccc(/C=C4\Sc5ccccc5N4C)c4ccccc43)c3ccccc23)Sc2ccccc21. The molecule has 322 valence electrons. The molecular formula is C54H68N6S2+4. The van der Waals surface area contributed by atoms with Crippen molar-refractivity contribution in [2.45, 2.75) is 74.2 Å². The van der Waals surface area contributed by atoms with E-state index in [9.17, 15) is 0 Å². The van der Waals surface area contributed by atoms with E-state index in [1.54, 1.807) is 0 Å². The van der Waals surface area contributed by atoms with Gasteiger partial charge in [-0.25, -0.2) is 0 Å². The number of pyridine rings is 2. The van der Waals surface area contributed by atoms with Crippen molar-refractivity contribution < 1.29 is 18.1 Å². The van der Waals surface area contributed by atoms with Gasteiger partial charge in [-0.3, -0.25) is 0 Å². The highest BCUT2D eigenvalue weighted by Crippen LogP contribution is 2.46. The van der Waals surface area contributed by atoms with Gasteiger partial charge in [0.25, 0.3) is 0 Å². The summed E-state index contributed by atoms with van der Waals surface area (Å²) in [5.74, 6) is 0. The van der Waals surface area contributed by atoms with Gasteiger partial charge >= 0.3 is 0 Å². The van der Waals surface area contributed by atoms with Crippen LogP contribution in [0.2, 0.25) is 0 Å².